The van der Waals surface area contributed by atoms with E-state index >= 15 is 0 Å². The number of nitrogens with one attached hydrogen (secondary N) is 2. The fraction of sp³-hybridized carbons (Fsp3) is 0.579. The van der Waals surface area contributed by atoms with Gasteiger partial charge in [0.25, 0.3) is 0 Å². The number of likely N-dealkylation sites (tertiary alicyclic amines) is 1. The number of hydrogen-bond acceptors (Lipinski definition) is 10. The van der Waals surface area contributed by atoms with E-state index in [1.165, 1.54) is 12.0 Å². The number of benzene rings is 1. The van der Waals surface area contributed by atoms with Crippen molar-refractivity contribution < 1.29 is 42.9 Å². The minimum atomic E-state index is -1.30. The molecule has 1 aromatic heterocycles. The van der Waals surface area contributed by atoms with Crippen LogP contribution in [0, 0.1) is 18.3 Å². The molecule has 3 fully saturated rings. The number of pyridine rings is 1. The first-order chi connectivity index (χ1) is 24.5. The number of Topliss-reactive ketones (excluding diaryl/α,β-unsaturated/α-hetero) is 1. The van der Waals surface area contributed by atoms with Gasteiger partial charge in [-0.2, -0.15) is 0 Å². The van der Waals surface area contributed by atoms with E-state index in [1.54, 1.807) is 31.4 Å². The molecular weight excluding hydrogens is 736 g/mol. The quantitative estimate of drug-likeness (QED) is 0.127. The van der Waals surface area contributed by atoms with Crippen molar-refractivity contribution in [1.29, 1.82) is 0 Å². The number of esters is 1. The minimum absolute atomic E-state index is 0.0330. The molecule has 282 valence electrons. The lowest BCUT2D eigenvalue weighted by atomic mass is 9.85. The second-order valence-corrected chi connectivity index (χ2v) is 15.9. The summed E-state index contributed by atoms with van der Waals surface area (Å²) in [4.78, 5) is 73.8. The zero-order valence-electron chi connectivity index (χ0n) is 30.9. The largest absolute Gasteiger partial charge is 0.496 e. The van der Waals surface area contributed by atoms with E-state index in [0.29, 0.717) is 34.4 Å². The molecule has 5 rings (SSSR count). The number of methoxy groups -OCH3 is 2. The first-order valence-electron chi connectivity index (χ1n) is 17.6. The van der Waals surface area contributed by atoms with Gasteiger partial charge in [0.15, 0.2) is 5.78 Å². The zero-order chi connectivity index (χ0) is 38.2. The van der Waals surface area contributed by atoms with Crippen molar-refractivity contribution in [2.75, 3.05) is 26.1 Å². The van der Waals surface area contributed by atoms with Gasteiger partial charge >= 0.3 is 12.1 Å². The van der Waals surface area contributed by atoms with Gasteiger partial charge in [0.1, 0.15) is 46.5 Å². The molecule has 3 aliphatic rings. The summed E-state index contributed by atoms with van der Waals surface area (Å²) in [6.45, 7) is 12.9. The topological polar surface area (TPSA) is 162 Å². The highest BCUT2D eigenvalue weighted by Gasteiger charge is 2.62. The number of carbonyl (C=O) groups excluding carboxylic acids is 5. The highest BCUT2D eigenvalue weighted by Crippen LogP contribution is 2.46. The summed E-state index contributed by atoms with van der Waals surface area (Å²) < 4.78 is 22.9. The Hall–Kier alpha value is -4.20. The fourth-order valence-electron chi connectivity index (χ4n) is 7.36. The molecule has 0 bridgehead atoms. The van der Waals surface area contributed by atoms with Crippen LogP contribution in [-0.2, 0) is 23.9 Å². The molecule has 0 radical (unpaired) electrons. The SMILES string of the molecule is C=C[C@@H]1C[C@]1(NC(=O)[C@@H]1C[C@@H](Oc2cc(C(=O)CBr)nc3c(C)c(OC)ccc23)CN1C(=O)[C@@H](NC(=O)OC1(C)CCCC1)C(C)(C)C)C(=O)OC. The van der Waals surface area contributed by atoms with Crippen LogP contribution in [0.5, 0.6) is 11.5 Å². The number of amides is 3. The lowest BCUT2D eigenvalue weighted by molar-refractivity contribution is -0.148. The number of alkyl carbamates (subject to hydrolysis) is 1. The number of aryl methyl sites for hydroxylation is 1. The van der Waals surface area contributed by atoms with Gasteiger partial charge < -0.3 is 34.5 Å². The number of ether oxygens (including phenoxy) is 4. The Morgan fingerprint density at radius 3 is 2.40 bits per heavy atom. The molecule has 2 aromatic rings. The molecule has 2 N–H and O–H groups in total. The lowest BCUT2D eigenvalue weighted by Crippen LogP contribution is -2.59. The van der Waals surface area contributed by atoms with E-state index in [9.17, 15) is 24.0 Å². The van der Waals surface area contributed by atoms with Crippen molar-refractivity contribution in [2.45, 2.75) is 102 Å². The Labute approximate surface area is 312 Å². The first kappa shape index (κ1) is 39.0. The van der Waals surface area contributed by atoms with Crippen molar-refractivity contribution in [1.82, 2.24) is 20.5 Å². The van der Waals surface area contributed by atoms with E-state index in [0.717, 1.165) is 25.7 Å². The fourth-order valence-corrected chi connectivity index (χ4v) is 7.65. The Bertz CT molecular complexity index is 1770. The normalized spacial score (nSPS) is 24.1. The van der Waals surface area contributed by atoms with E-state index in [4.69, 9.17) is 18.9 Å². The van der Waals surface area contributed by atoms with Gasteiger partial charge in [0, 0.05) is 29.4 Å². The standard InChI is InChI=1S/C38H49BrN4O9/c1-9-22-18-38(22,34(47)50-8)42-32(45)26-16-23(51-29-17-25(27(44)19-39)40-30-21(2)28(49-7)13-12-24(29)30)20-43(26)33(46)31(36(3,4)5)41-35(48)52-37(6)14-10-11-15-37/h9,12-13,17,22-23,26,31H,1,10-11,14-16,18-20H2,2-8H3,(H,41,48)(H,42,45)/t22-,23-,26+,31-,38-/m1/s1. The Morgan fingerprint density at radius 2 is 1.83 bits per heavy atom. The average molecular weight is 786 g/mol. The Balaban J connectivity index is 1.50. The van der Waals surface area contributed by atoms with Crippen LogP contribution >= 0.6 is 15.9 Å². The monoisotopic (exact) mass is 784 g/mol. The number of fused-ring (bicyclic) bond motifs is 1. The molecular formula is C38H49BrN4O9. The van der Waals surface area contributed by atoms with Crippen LogP contribution in [-0.4, -0.2) is 95.0 Å². The second-order valence-electron chi connectivity index (χ2n) is 15.3. The van der Waals surface area contributed by atoms with Gasteiger partial charge in [-0.1, -0.05) is 42.8 Å². The summed E-state index contributed by atoms with van der Waals surface area (Å²) in [6, 6.07) is 2.96. The minimum Gasteiger partial charge on any atom is -0.496 e. The van der Waals surface area contributed by atoms with Crippen LogP contribution in [0.25, 0.3) is 10.9 Å². The van der Waals surface area contributed by atoms with Gasteiger partial charge in [-0.05, 0) is 63.5 Å². The summed E-state index contributed by atoms with van der Waals surface area (Å²) in [7, 11) is 2.80. The molecule has 0 spiro atoms. The summed E-state index contributed by atoms with van der Waals surface area (Å²) in [5.74, 6) is -1.36. The molecule has 2 aliphatic carbocycles. The molecule has 5 atom stereocenters. The van der Waals surface area contributed by atoms with Gasteiger partial charge in [-0.25, -0.2) is 14.6 Å². The van der Waals surface area contributed by atoms with Crippen LogP contribution in [0.1, 0.15) is 82.3 Å². The molecule has 3 amide bonds. The van der Waals surface area contributed by atoms with Crippen LogP contribution in [0.4, 0.5) is 4.79 Å². The van der Waals surface area contributed by atoms with Crippen LogP contribution in [0.15, 0.2) is 30.9 Å². The summed E-state index contributed by atoms with van der Waals surface area (Å²) in [5, 5.41) is 6.33. The van der Waals surface area contributed by atoms with E-state index in [-0.39, 0.29) is 35.7 Å². The highest BCUT2D eigenvalue weighted by atomic mass is 79.9. The number of halogens is 1. The van der Waals surface area contributed by atoms with Gasteiger partial charge in [-0.15, -0.1) is 6.58 Å². The maximum absolute atomic E-state index is 14.6. The molecule has 13 nitrogen and oxygen atoms in total. The number of nitrogens with zero attached hydrogens (tertiary/aromatic N) is 2. The number of ketones is 1. The van der Waals surface area contributed by atoms with Crippen molar-refractivity contribution >= 4 is 56.5 Å². The molecule has 14 heteroatoms. The maximum Gasteiger partial charge on any atom is 0.408 e. The third-order valence-electron chi connectivity index (χ3n) is 10.5. The average Bonchev–Trinajstić information content (AvgIpc) is 3.38. The highest BCUT2D eigenvalue weighted by molar-refractivity contribution is 9.09. The lowest BCUT2D eigenvalue weighted by Gasteiger charge is -2.36. The van der Waals surface area contributed by atoms with E-state index < -0.39 is 58.6 Å². The summed E-state index contributed by atoms with van der Waals surface area (Å²) in [6.07, 6.45) is 3.87. The smallest absolute Gasteiger partial charge is 0.408 e. The van der Waals surface area contributed by atoms with Crippen LogP contribution in [0.2, 0.25) is 0 Å². The van der Waals surface area contributed by atoms with Crippen molar-refractivity contribution in [3.63, 3.8) is 0 Å². The van der Waals surface area contributed by atoms with Gasteiger partial charge in [-0.3, -0.25) is 14.4 Å². The number of rotatable bonds is 12. The molecule has 1 saturated heterocycles. The third kappa shape index (κ3) is 7.77. The van der Waals surface area contributed by atoms with E-state index in [1.807, 2.05) is 34.6 Å². The van der Waals surface area contributed by atoms with Crippen molar-refractivity contribution in [2.24, 2.45) is 11.3 Å². The molecule has 1 aliphatic heterocycles. The molecule has 2 heterocycles. The second kappa shape index (κ2) is 15.0. The van der Waals surface area contributed by atoms with Gasteiger partial charge in [0.05, 0.1) is 31.6 Å². The Kier molecular flexibility index (Phi) is 11.3. The van der Waals surface area contributed by atoms with E-state index in [2.05, 4.69) is 38.1 Å². The predicted molar refractivity (Wildman–Crippen MR) is 197 cm³/mol. The van der Waals surface area contributed by atoms with Gasteiger partial charge in [0.2, 0.25) is 11.8 Å². The molecule has 2 saturated carbocycles. The summed E-state index contributed by atoms with van der Waals surface area (Å²) >= 11 is 3.23. The van der Waals surface area contributed by atoms with Crippen molar-refractivity contribution in [3.8, 4) is 11.5 Å². The number of hydrogen-bond donors (Lipinski definition) is 2. The number of aromatic nitrogens is 1. The van der Waals surface area contributed by atoms with Crippen molar-refractivity contribution in [3.05, 3.63) is 42.1 Å². The molecule has 52 heavy (non-hydrogen) atoms. The zero-order valence-corrected chi connectivity index (χ0v) is 32.5. The van der Waals surface area contributed by atoms with Crippen LogP contribution < -0.4 is 20.1 Å². The maximum atomic E-state index is 14.6. The first-order valence-corrected chi connectivity index (χ1v) is 18.7. The predicted octanol–water partition coefficient (Wildman–Crippen LogP) is 5.19. The third-order valence-corrected chi connectivity index (χ3v) is 11.0. The molecule has 0 unspecified atom stereocenters. The molecule has 1 aromatic carbocycles. The number of carbonyl (C=O) groups is 5. The number of alkyl halides is 1. The van der Waals surface area contributed by atoms with Crippen LogP contribution in [0.3, 0.4) is 0 Å². The Morgan fingerprint density at radius 1 is 1.13 bits per heavy atom. The summed E-state index contributed by atoms with van der Waals surface area (Å²) in [5.41, 5.74) is -1.31.